The molecule has 0 aliphatic carbocycles. The summed E-state index contributed by atoms with van der Waals surface area (Å²) in [5.41, 5.74) is 2.22. The highest BCUT2D eigenvalue weighted by Gasteiger charge is 2.20. The number of aryl methyl sites for hydroxylation is 1. The van der Waals surface area contributed by atoms with E-state index in [0.29, 0.717) is 22.2 Å². The molecule has 2 rings (SSSR count). The van der Waals surface area contributed by atoms with Gasteiger partial charge in [-0.15, -0.1) is 0 Å². The first kappa shape index (κ1) is 13.5. The van der Waals surface area contributed by atoms with Crippen molar-refractivity contribution < 1.29 is 14.3 Å². The minimum atomic E-state index is -1.04. The second-order valence-corrected chi connectivity index (χ2v) is 5.10. The summed E-state index contributed by atoms with van der Waals surface area (Å²) < 4.78 is 14.0. The molecule has 100 valence electrons. The van der Waals surface area contributed by atoms with Crippen LogP contribution in [0.3, 0.4) is 0 Å². The molecular weight excluding hydrogens is 245 g/mol. The Hall–Kier alpha value is -1.97. The molecule has 0 radical (unpaired) electrons. The van der Waals surface area contributed by atoms with Gasteiger partial charge < -0.3 is 5.11 Å². The van der Waals surface area contributed by atoms with Gasteiger partial charge in [-0.25, -0.2) is 14.2 Å². The van der Waals surface area contributed by atoms with Gasteiger partial charge in [-0.1, -0.05) is 13.8 Å². The van der Waals surface area contributed by atoms with Gasteiger partial charge in [0.15, 0.2) is 0 Å². The van der Waals surface area contributed by atoms with Crippen LogP contribution in [0, 0.1) is 19.7 Å². The van der Waals surface area contributed by atoms with Crippen molar-refractivity contribution >= 4 is 16.9 Å². The lowest BCUT2D eigenvalue weighted by atomic mass is 9.95. The molecule has 0 saturated carbocycles. The van der Waals surface area contributed by atoms with Gasteiger partial charge >= 0.3 is 5.97 Å². The summed E-state index contributed by atoms with van der Waals surface area (Å²) in [5, 5.41) is 9.77. The number of aromatic nitrogens is 1. The smallest absolute Gasteiger partial charge is 0.336 e. The minimum Gasteiger partial charge on any atom is -0.478 e. The van der Waals surface area contributed by atoms with Crippen molar-refractivity contribution in [2.24, 2.45) is 0 Å². The number of hydrogen-bond donors (Lipinski definition) is 1. The molecule has 0 spiro atoms. The van der Waals surface area contributed by atoms with Gasteiger partial charge in [0.2, 0.25) is 0 Å². The van der Waals surface area contributed by atoms with Gasteiger partial charge in [0.1, 0.15) is 11.3 Å². The van der Waals surface area contributed by atoms with E-state index in [1.807, 2.05) is 13.8 Å². The third kappa shape index (κ3) is 2.18. The lowest BCUT2D eigenvalue weighted by Gasteiger charge is -2.15. The van der Waals surface area contributed by atoms with Gasteiger partial charge in [0.25, 0.3) is 0 Å². The Morgan fingerprint density at radius 3 is 2.47 bits per heavy atom. The third-order valence-electron chi connectivity index (χ3n) is 3.23. The molecule has 0 bridgehead atoms. The number of nitrogens with zero attached hydrogens (tertiary/aromatic N) is 1. The Morgan fingerprint density at radius 1 is 1.32 bits per heavy atom. The Labute approximate surface area is 111 Å². The second kappa shape index (κ2) is 4.61. The Balaban J connectivity index is 3.00. The van der Waals surface area contributed by atoms with Crippen molar-refractivity contribution in [1.82, 2.24) is 4.98 Å². The number of fused-ring (bicyclic) bond motifs is 1. The summed E-state index contributed by atoms with van der Waals surface area (Å²) in [4.78, 5) is 15.8. The molecule has 0 atom stereocenters. The number of hydrogen-bond acceptors (Lipinski definition) is 2. The summed E-state index contributed by atoms with van der Waals surface area (Å²) in [6.07, 6.45) is 0. The van der Waals surface area contributed by atoms with Crippen LogP contribution in [-0.4, -0.2) is 16.1 Å². The van der Waals surface area contributed by atoms with E-state index in [2.05, 4.69) is 4.98 Å². The summed E-state index contributed by atoms with van der Waals surface area (Å²) in [7, 11) is 0. The minimum absolute atomic E-state index is 0.0446. The van der Waals surface area contributed by atoms with Crippen LogP contribution in [-0.2, 0) is 0 Å². The van der Waals surface area contributed by atoms with E-state index < -0.39 is 11.8 Å². The van der Waals surface area contributed by atoms with Crippen LogP contribution in [0.2, 0.25) is 0 Å². The van der Waals surface area contributed by atoms with Crippen LogP contribution in [0.5, 0.6) is 0 Å². The van der Waals surface area contributed by atoms with E-state index in [0.717, 1.165) is 0 Å². The first-order valence-corrected chi connectivity index (χ1v) is 6.16. The Bertz CT molecular complexity index is 678. The normalized spacial score (nSPS) is 11.3. The van der Waals surface area contributed by atoms with Crippen molar-refractivity contribution in [1.29, 1.82) is 0 Å². The predicted octanol–water partition coefficient (Wildman–Crippen LogP) is 3.81. The molecule has 0 aliphatic heterocycles. The Morgan fingerprint density at radius 2 is 1.95 bits per heavy atom. The SMILES string of the molecule is Cc1cc(F)c2nc(C(C)C)c(C)c(C(=O)O)c2c1. The molecule has 4 heteroatoms. The van der Waals surface area contributed by atoms with Crippen molar-refractivity contribution in [2.45, 2.75) is 33.6 Å². The quantitative estimate of drug-likeness (QED) is 0.894. The molecule has 1 aromatic carbocycles. The molecular formula is C15H16FNO2. The zero-order valence-corrected chi connectivity index (χ0v) is 11.4. The van der Waals surface area contributed by atoms with E-state index in [1.54, 1.807) is 19.9 Å². The van der Waals surface area contributed by atoms with Crippen molar-refractivity contribution in [3.63, 3.8) is 0 Å². The van der Waals surface area contributed by atoms with Gasteiger partial charge in [0.05, 0.1) is 5.56 Å². The number of aromatic carboxylic acids is 1. The fourth-order valence-corrected chi connectivity index (χ4v) is 2.41. The lowest BCUT2D eigenvalue weighted by molar-refractivity contribution is 0.0698. The molecule has 0 aliphatic rings. The summed E-state index contributed by atoms with van der Waals surface area (Å²) >= 11 is 0. The average Bonchev–Trinajstić information content (AvgIpc) is 2.26. The van der Waals surface area contributed by atoms with Crippen LogP contribution in [0.25, 0.3) is 10.9 Å². The number of pyridine rings is 1. The van der Waals surface area contributed by atoms with E-state index in [-0.39, 0.29) is 17.0 Å². The molecule has 0 saturated heterocycles. The molecule has 0 amide bonds. The lowest BCUT2D eigenvalue weighted by Crippen LogP contribution is -2.09. The molecule has 1 aromatic heterocycles. The molecule has 0 unspecified atom stereocenters. The van der Waals surface area contributed by atoms with Crippen LogP contribution in [0.4, 0.5) is 4.39 Å². The zero-order valence-electron chi connectivity index (χ0n) is 11.4. The highest BCUT2D eigenvalue weighted by atomic mass is 19.1. The van der Waals surface area contributed by atoms with Crippen LogP contribution >= 0.6 is 0 Å². The molecule has 1 heterocycles. The highest BCUT2D eigenvalue weighted by Crippen LogP contribution is 2.29. The van der Waals surface area contributed by atoms with E-state index in [1.165, 1.54) is 6.07 Å². The maximum absolute atomic E-state index is 14.0. The number of rotatable bonds is 2. The average molecular weight is 261 g/mol. The summed E-state index contributed by atoms with van der Waals surface area (Å²) in [6.45, 7) is 7.29. The van der Waals surface area contributed by atoms with Crippen LogP contribution in [0.15, 0.2) is 12.1 Å². The van der Waals surface area contributed by atoms with E-state index >= 15 is 0 Å². The van der Waals surface area contributed by atoms with Gasteiger partial charge in [-0.05, 0) is 43.0 Å². The molecule has 3 nitrogen and oxygen atoms in total. The number of carbonyl (C=O) groups is 1. The van der Waals surface area contributed by atoms with Crippen LogP contribution in [0.1, 0.15) is 46.9 Å². The maximum Gasteiger partial charge on any atom is 0.336 e. The van der Waals surface area contributed by atoms with Gasteiger partial charge in [0, 0.05) is 11.1 Å². The number of benzene rings is 1. The van der Waals surface area contributed by atoms with Gasteiger partial charge in [-0.3, -0.25) is 0 Å². The summed E-state index contributed by atoms with van der Waals surface area (Å²) in [6, 6.07) is 3.05. The standard InChI is InChI=1S/C15H16FNO2/c1-7(2)13-9(4)12(15(18)19)10-5-8(3)6-11(16)14(10)17-13/h5-7H,1-4H3,(H,18,19). The largest absolute Gasteiger partial charge is 0.478 e. The zero-order chi connectivity index (χ0) is 14.3. The first-order chi connectivity index (χ1) is 8.82. The fourth-order valence-electron chi connectivity index (χ4n) is 2.41. The monoisotopic (exact) mass is 261 g/mol. The van der Waals surface area contributed by atoms with Crippen molar-refractivity contribution in [2.75, 3.05) is 0 Å². The molecule has 19 heavy (non-hydrogen) atoms. The Kier molecular flexibility index (Phi) is 3.27. The van der Waals surface area contributed by atoms with Crippen molar-refractivity contribution in [3.8, 4) is 0 Å². The number of carboxylic acid groups (broad SMARTS) is 1. The van der Waals surface area contributed by atoms with E-state index in [4.69, 9.17) is 0 Å². The second-order valence-electron chi connectivity index (χ2n) is 5.10. The highest BCUT2D eigenvalue weighted by molar-refractivity contribution is 6.04. The molecule has 1 N–H and O–H groups in total. The molecule has 2 aromatic rings. The summed E-state index contributed by atoms with van der Waals surface area (Å²) in [5.74, 6) is -1.47. The fraction of sp³-hybridized carbons (Fsp3) is 0.333. The predicted molar refractivity (Wildman–Crippen MR) is 72.2 cm³/mol. The van der Waals surface area contributed by atoms with E-state index in [9.17, 15) is 14.3 Å². The number of carboxylic acids is 1. The van der Waals surface area contributed by atoms with Crippen molar-refractivity contribution in [3.05, 3.63) is 40.3 Å². The third-order valence-corrected chi connectivity index (χ3v) is 3.23. The van der Waals surface area contributed by atoms with Crippen LogP contribution < -0.4 is 0 Å². The topological polar surface area (TPSA) is 50.2 Å². The maximum atomic E-state index is 14.0. The first-order valence-electron chi connectivity index (χ1n) is 6.16. The number of halogens is 1. The molecule has 0 fully saturated rings. The van der Waals surface area contributed by atoms with Gasteiger partial charge in [-0.2, -0.15) is 0 Å².